The number of nitrogens with one attached hydrogen (secondary N) is 2. The highest BCUT2D eigenvalue weighted by Gasteiger charge is 2.31. The summed E-state index contributed by atoms with van der Waals surface area (Å²) in [5.41, 5.74) is 0. The summed E-state index contributed by atoms with van der Waals surface area (Å²) in [6.07, 6.45) is 0. The van der Waals surface area contributed by atoms with Crippen LogP contribution in [-0.2, 0) is 4.79 Å². The molecule has 2 atom stereocenters. The molecule has 1 saturated heterocycles. The summed E-state index contributed by atoms with van der Waals surface area (Å²) in [5, 5.41) is 15.0. The van der Waals surface area contributed by atoms with Gasteiger partial charge in [-0.25, -0.2) is 0 Å². The second-order valence-electron chi connectivity index (χ2n) is 3.49. The largest absolute Gasteiger partial charge is 0.480 e. The number of hydrogen-bond donors (Lipinski definition) is 3. The van der Waals surface area contributed by atoms with Gasteiger partial charge in [-0.05, 0) is 5.92 Å². The number of hydrogen-bond acceptors (Lipinski definition) is 3. The molecule has 4 heteroatoms. The maximum absolute atomic E-state index is 10.8. The topological polar surface area (TPSA) is 61.4 Å². The molecule has 0 spiro atoms. The Morgan fingerprint density at radius 2 is 2.00 bits per heavy atom. The standard InChI is InChI=1S/C8H16N2O2/c1-5(2)6-7(8(11)12)10-4-3-9-6/h5-7,9-10H,3-4H2,1-2H3,(H,11,12). The van der Waals surface area contributed by atoms with Gasteiger partial charge in [-0.3, -0.25) is 4.79 Å². The SMILES string of the molecule is CC(C)C1NCCNC1C(=O)O. The van der Waals surface area contributed by atoms with Gasteiger partial charge < -0.3 is 15.7 Å². The minimum absolute atomic E-state index is 0.0521. The fourth-order valence-corrected chi connectivity index (χ4v) is 1.57. The van der Waals surface area contributed by atoms with Crippen molar-refractivity contribution in [1.29, 1.82) is 0 Å². The van der Waals surface area contributed by atoms with Crippen molar-refractivity contribution in [1.82, 2.24) is 10.6 Å². The summed E-state index contributed by atoms with van der Waals surface area (Å²) in [5.74, 6) is -0.417. The van der Waals surface area contributed by atoms with E-state index < -0.39 is 12.0 Å². The first kappa shape index (κ1) is 9.48. The number of rotatable bonds is 2. The highest BCUT2D eigenvalue weighted by Crippen LogP contribution is 2.09. The molecule has 1 aliphatic heterocycles. The first-order valence-electron chi connectivity index (χ1n) is 4.32. The van der Waals surface area contributed by atoms with Crippen molar-refractivity contribution >= 4 is 5.97 Å². The maximum Gasteiger partial charge on any atom is 0.322 e. The average molecular weight is 172 g/mol. The first-order chi connectivity index (χ1) is 5.63. The zero-order chi connectivity index (χ0) is 9.14. The van der Waals surface area contributed by atoms with E-state index in [4.69, 9.17) is 5.11 Å². The van der Waals surface area contributed by atoms with E-state index in [0.717, 1.165) is 13.1 Å². The van der Waals surface area contributed by atoms with E-state index in [0.29, 0.717) is 5.92 Å². The molecule has 70 valence electrons. The van der Waals surface area contributed by atoms with Gasteiger partial charge in [-0.1, -0.05) is 13.8 Å². The minimum Gasteiger partial charge on any atom is -0.480 e. The number of carbonyl (C=O) groups is 1. The zero-order valence-corrected chi connectivity index (χ0v) is 7.50. The van der Waals surface area contributed by atoms with E-state index in [9.17, 15) is 4.79 Å². The molecule has 0 amide bonds. The fourth-order valence-electron chi connectivity index (χ4n) is 1.57. The molecule has 0 radical (unpaired) electrons. The summed E-state index contributed by atoms with van der Waals surface area (Å²) in [6, 6.07) is -0.380. The lowest BCUT2D eigenvalue weighted by Crippen LogP contribution is -2.61. The molecule has 4 nitrogen and oxygen atoms in total. The summed E-state index contributed by atoms with van der Waals surface area (Å²) in [7, 11) is 0. The van der Waals surface area contributed by atoms with Crippen LogP contribution in [0.2, 0.25) is 0 Å². The molecule has 1 heterocycles. The third-order valence-electron chi connectivity index (χ3n) is 2.21. The Labute approximate surface area is 72.3 Å². The lowest BCUT2D eigenvalue weighted by molar-refractivity contribution is -0.141. The summed E-state index contributed by atoms with van der Waals surface area (Å²) < 4.78 is 0. The lowest BCUT2D eigenvalue weighted by Gasteiger charge is -2.33. The van der Waals surface area contributed by atoms with E-state index in [1.54, 1.807) is 0 Å². The highest BCUT2D eigenvalue weighted by atomic mass is 16.4. The van der Waals surface area contributed by atoms with Crippen LogP contribution >= 0.6 is 0 Å². The van der Waals surface area contributed by atoms with Crippen LogP contribution in [0.3, 0.4) is 0 Å². The zero-order valence-electron chi connectivity index (χ0n) is 7.50. The molecule has 0 aromatic heterocycles. The molecular formula is C8H16N2O2. The Kier molecular flexibility index (Phi) is 3.05. The Bertz CT molecular complexity index is 170. The predicted molar refractivity (Wildman–Crippen MR) is 46.1 cm³/mol. The van der Waals surface area contributed by atoms with Gasteiger partial charge in [0, 0.05) is 19.1 Å². The summed E-state index contributed by atoms with van der Waals surface area (Å²) in [6.45, 7) is 5.65. The van der Waals surface area contributed by atoms with Gasteiger partial charge in [0.05, 0.1) is 0 Å². The predicted octanol–water partition coefficient (Wildman–Crippen LogP) is -0.343. The highest BCUT2D eigenvalue weighted by molar-refractivity contribution is 5.74. The quantitative estimate of drug-likeness (QED) is 0.533. The minimum atomic E-state index is -0.763. The normalized spacial score (nSPS) is 30.6. The third kappa shape index (κ3) is 1.95. The van der Waals surface area contributed by atoms with Gasteiger partial charge in [-0.2, -0.15) is 0 Å². The lowest BCUT2D eigenvalue weighted by atomic mass is 9.95. The number of carboxylic acids is 1. The smallest absolute Gasteiger partial charge is 0.322 e. The van der Waals surface area contributed by atoms with Crippen molar-refractivity contribution in [2.24, 2.45) is 5.92 Å². The summed E-state index contributed by atoms with van der Waals surface area (Å²) >= 11 is 0. The molecule has 1 fully saturated rings. The number of carboxylic acid groups (broad SMARTS) is 1. The first-order valence-corrected chi connectivity index (χ1v) is 4.32. The van der Waals surface area contributed by atoms with Crippen molar-refractivity contribution in [3.63, 3.8) is 0 Å². The molecule has 3 N–H and O–H groups in total. The van der Waals surface area contributed by atoms with Gasteiger partial charge in [0.15, 0.2) is 0 Å². The van der Waals surface area contributed by atoms with Crippen LogP contribution in [0, 0.1) is 5.92 Å². The van der Waals surface area contributed by atoms with Crippen molar-refractivity contribution in [3.8, 4) is 0 Å². The molecule has 2 unspecified atom stereocenters. The Morgan fingerprint density at radius 3 is 2.42 bits per heavy atom. The van der Waals surface area contributed by atoms with Crippen LogP contribution in [-0.4, -0.2) is 36.2 Å². The monoisotopic (exact) mass is 172 g/mol. The molecule has 12 heavy (non-hydrogen) atoms. The fraction of sp³-hybridized carbons (Fsp3) is 0.875. The van der Waals surface area contributed by atoms with E-state index in [2.05, 4.69) is 10.6 Å². The van der Waals surface area contributed by atoms with Crippen molar-refractivity contribution in [3.05, 3.63) is 0 Å². The Morgan fingerprint density at radius 1 is 1.42 bits per heavy atom. The van der Waals surface area contributed by atoms with Gasteiger partial charge >= 0.3 is 5.97 Å². The van der Waals surface area contributed by atoms with Crippen molar-refractivity contribution in [2.45, 2.75) is 25.9 Å². The molecule has 1 rings (SSSR count). The molecule has 0 aromatic rings. The average Bonchev–Trinajstić information content (AvgIpc) is 2.04. The molecule has 0 saturated carbocycles. The molecule has 0 aromatic carbocycles. The second kappa shape index (κ2) is 3.87. The van der Waals surface area contributed by atoms with Crippen LogP contribution in [0.25, 0.3) is 0 Å². The molecular weight excluding hydrogens is 156 g/mol. The van der Waals surface area contributed by atoms with Gasteiger partial charge in [0.2, 0.25) is 0 Å². The van der Waals surface area contributed by atoms with Gasteiger partial charge in [0.25, 0.3) is 0 Å². The van der Waals surface area contributed by atoms with E-state index >= 15 is 0 Å². The van der Waals surface area contributed by atoms with Crippen molar-refractivity contribution in [2.75, 3.05) is 13.1 Å². The van der Waals surface area contributed by atoms with Crippen LogP contribution in [0.15, 0.2) is 0 Å². The molecule has 0 bridgehead atoms. The number of aliphatic carboxylic acids is 1. The maximum atomic E-state index is 10.8. The second-order valence-corrected chi connectivity index (χ2v) is 3.49. The van der Waals surface area contributed by atoms with Crippen LogP contribution in [0.1, 0.15) is 13.8 Å². The Hall–Kier alpha value is -0.610. The Balaban J connectivity index is 2.60. The van der Waals surface area contributed by atoms with Crippen LogP contribution in [0.5, 0.6) is 0 Å². The molecule has 1 aliphatic rings. The van der Waals surface area contributed by atoms with Crippen LogP contribution in [0.4, 0.5) is 0 Å². The van der Waals surface area contributed by atoms with E-state index in [-0.39, 0.29) is 6.04 Å². The summed E-state index contributed by atoms with van der Waals surface area (Å²) in [4.78, 5) is 10.8. The van der Waals surface area contributed by atoms with Crippen molar-refractivity contribution < 1.29 is 9.90 Å². The van der Waals surface area contributed by atoms with E-state index in [1.165, 1.54) is 0 Å². The van der Waals surface area contributed by atoms with Gasteiger partial charge in [0.1, 0.15) is 6.04 Å². The van der Waals surface area contributed by atoms with Gasteiger partial charge in [-0.15, -0.1) is 0 Å². The van der Waals surface area contributed by atoms with Crippen LogP contribution < -0.4 is 10.6 Å². The third-order valence-corrected chi connectivity index (χ3v) is 2.21. The van der Waals surface area contributed by atoms with E-state index in [1.807, 2.05) is 13.8 Å². The number of piperazine rings is 1. The molecule has 0 aliphatic carbocycles.